The highest BCUT2D eigenvalue weighted by atomic mass is 32.1. The van der Waals surface area contributed by atoms with Crippen LogP contribution in [0.15, 0.2) is 43.1 Å². The van der Waals surface area contributed by atoms with Gasteiger partial charge in [0, 0.05) is 16.5 Å². The van der Waals surface area contributed by atoms with Crippen molar-refractivity contribution in [2.24, 2.45) is 5.41 Å². The van der Waals surface area contributed by atoms with Gasteiger partial charge in [-0.3, -0.25) is 4.98 Å². The Kier molecular flexibility index (Phi) is 5.76. The predicted molar refractivity (Wildman–Crippen MR) is 124 cm³/mol. The van der Waals surface area contributed by atoms with Crippen LogP contribution in [0.25, 0.3) is 26.1 Å². The monoisotopic (exact) mass is 443 g/mol. The SMILES string of the molecule is C=C(CC)c1nccc2c(C(F)(F)F)c(-c3ccc(C4CCC(C)(C)CC4)cc3)sc12. The van der Waals surface area contributed by atoms with Crippen molar-refractivity contribution in [3.8, 4) is 10.4 Å². The first kappa shape index (κ1) is 22.1. The van der Waals surface area contributed by atoms with Crippen molar-refractivity contribution >= 4 is 27.0 Å². The topological polar surface area (TPSA) is 12.9 Å². The van der Waals surface area contributed by atoms with Gasteiger partial charge in [-0.1, -0.05) is 51.6 Å². The second-order valence-corrected chi connectivity index (χ2v) is 10.4. The Morgan fingerprint density at radius 1 is 1.13 bits per heavy atom. The highest BCUT2D eigenvalue weighted by Crippen LogP contribution is 2.49. The van der Waals surface area contributed by atoms with Crippen LogP contribution in [-0.4, -0.2) is 4.98 Å². The summed E-state index contributed by atoms with van der Waals surface area (Å²) >= 11 is 1.17. The lowest BCUT2D eigenvalue weighted by Crippen LogP contribution is -2.20. The molecule has 1 saturated carbocycles. The van der Waals surface area contributed by atoms with Crippen LogP contribution in [0.4, 0.5) is 13.2 Å². The zero-order chi connectivity index (χ0) is 22.4. The van der Waals surface area contributed by atoms with Crippen LogP contribution < -0.4 is 0 Å². The first-order chi connectivity index (χ1) is 14.6. The molecule has 1 aliphatic carbocycles. The van der Waals surface area contributed by atoms with Gasteiger partial charge >= 0.3 is 6.18 Å². The molecule has 0 atom stereocenters. The van der Waals surface area contributed by atoms with Crippen molar-refractivity contribution in [2.75, 3.05) is 0 Å². The van der Waals surface area contributed by atoms with Gasteiger partial charge in [-0.2, -0.15) is 13.2 Å². The number of pyridine rings is 1. The third kappa shape index (κ3) is 4.30. The molecule has 1 nitrogen and oxygen atoms in total. The van der Waals surface area contributed by atoms with Crippen molar-refractivity contribution in [3.63, 3.8) is 0 Å². The largest absolute Gasteiger partial charge is 0.418 e. The minimum atomic E-state index is -4.44. The average Bonchev–Trinajstić information content (AvgIpc) is 3.13. The molecule has 5 heteroatoms. The molecule has 0 bridgehead atoms. The highest BCUT2D eigenvalue weighted by molar-refractivity contribution is 7.22. The Morgan fingerprint density at radius 2 is 1.77 bits per heavy atom. The number of hydrogen-bond acceptors (Lipinski definition) is 2. The van der Waals surface area contributed by atoms with E-state index < -0.39 is 11.7 Å². The van der Waals surface area contributed by atoms with E-state index in [-0.39, 0.29) is 10.3 Å². The normalized spacial score (nSPS) is 17.2. The van der Waals surface area contributed by atoms with Crippen molar-refractivity contribution in [1.29, 1.82) is 0 Å². The Labute approximate surface area is 186 Å². The molecule has 0 radical (unpaired) electrons. The first-order valence-electron chi connectivity index (χ1n) is 10.9. The van der Waals surface area contributed by atoms with Crippen LogP contribution in [0.1, 0.15) is 75.6 Å². The second-order valence-electron chi connectivity index (χ2n) is 9.36. The first-order valence-corrected chi connectivity index (χ1v) is 11.7. The molecule has 1 fully saturated rings. The summed E-state index contributed by atoms with van der Waals surface area (Å²) in [7, 11) is 0. The number of thiophene rings is 1. The molecule has 0 amide bonds. The maximum absolute atomic E-state index is 14.1. The van der Waals surface area contributed by atoms with E-state index in [1.807, 2.05) is 31.2 Å². The van der Waals surface area contributed by atoms with Gasteiger partial charge in [0.2, 0.25) is 0 Å². The number of fused-ring (bicyclic) bond motifs is 1. The minimum Gasteiger partial charge on any atom is -0.255 e. The molecular weight excluding hydrogens is 415 g/mol. The summed E-state index contributed by atoms with van der Waals surface area (Å²) in [6.45, 7) is 10.6. The number of nitrogens with zero attached hydrogens (tertiary/aromatic N) is 1. The maximum Gasteiger partial charge on any atom is 0.418 e. The lowest BCUT2D eigenvalue weighted by atomic mass is 9.71. The van der Waals surface area contributed by atoms with Crippen LogP contribution >= 0.6 is 11.3 Å². The fourth-order valence-corrected chi connectivity index (χ4v) is 5.93. The molecule has 4 rings (SSSR count). The average molecular weight is 444 g/mol. The third-order valence-corrected chi connectivity index (χ3v) is 7.89. The number of halogens is 3. The van der Waals surface area contributed by atoms with E-state index in [1.54, 1.807) is 0 Å². The standard InChI is InChI=1S/C26H28F3NS/c1-5-16(2)22-24-20(12-15-30-22)21(26(27,28)29)23(31-24)19-8-6-17(7-9-19)18-10-13-25(3,4)14-11-18/h6-9,12,15,18H,2,5,10-11,13-14H2,1,3-4H3. The molecule has 0 spiro atoms. The van der Waals surface area contributed by atoms with Gasteiger partial charge in [0.25, 0.3) is 0 Å². The Balaban J connectivity index is 1.76. The highest BCUT2D eigenvalue weighted by Gasteiger charge is 2.38. The van der Waals surface area contributed by atoms with Gasteiger partial charge in [-0.05, 0) is 66.2 Å². The fourth-order valence-electron chi connectivity index (χ4n) is 4.57. The minimum absolute atomic E-state index is 0.214. The number of alkyl halides is 3. The van der Waals surface area contributed by atoms with Crippen LogP contribution in [0.3, 0.4) is 0 Å². The third-order valence-electron chi connectivity index (χ3n) is 6.63. The summed E-state index contributed by atoms with van der Waals surface area (Å²) in [5.41, 5.74) is 3.00. The molecule has 0 N–H and O–H groups in total. The molecular formula is C26H28F3NS. The lowest BCUT2D eigenvalue weighted by Gasteiger charge is -2.34. The van der Waals surface area contributed by atoms with Gasteiger partial charge in [0.15, 0.2) is 0 Å². The quantitative estimate of drug-likeness (QED) is 0.392. The van der Waals surface area contributed by atoms with E-state index in [0.29, 0.717) is 33.7 Å². The Hall–Kier alpha value is -2.14. The van der Waals surface area contributed by atoms with E-state index in [2.05, 4.69) is 25.4 Å². The number of allylic oxidation sites excluding steroid dienone is 1. The van der Waals surface area contributed by atoms with Crippen LogP contribution in [0.2, 0.25) is 0 Å². The van der Waals surface area contributed by atoms with Gasteiger partial charge in [0.05, 0.1) is 16.0 Å². The molecule has 0 saturated heterocycles. The van der Waals surface area contributed by atoms with Gasteiger partial charge in [-0.25, -0.2) is 0 Å². The summed E-state index contributed by atoms with van der Waals surface area (Å²) in [4.78, 5) is 4.60. The predicted octanol–water partition coefficient (Wildman–Crippen LogP) is 9.09. The molecule has 3 aromatic rings. The van der Waals surface area contributed by atoms with Crippen molar-refractivity contribution in [3.05, 3.63) is 59.9 Å². The van der Waals surface area contributed by atoms with Crippen LogP contribution in [0.5, 0.6) is 0 Å². The zero-order valence-electron chi connectivity index (χ0n) is 18.3. The van der Waals surface area contributed by atoms with Crippen LogP contribution in [-0.2, 0) is 6.18 Å². The van der Waals surface area contributed by atoms with Crippen molar-refractivity contribution < 1.29 is 13.2 Å². The van der Waals surface area contributed by atoms with E-state index in [4.69, 9.17) is 0 Å². The lowest BCUT2D eigenvalue weighted by molar-refractivity contribution is -0.135. The molecule has 164 valence electrons. The van der Waals surface area contributed by atoms with Gasteiger partial charge in [-0.15, -0.1) is 11.3 Å². The summed E-state index contributed by atoms with van der Waals surface area (Å²) in [5, 5.41) is 0.214. The summed E-state index contributed by atoms with van der Waals surface area (Å²) in [5.74, 6) is 0.496. The second kappa shape index (κ2) is 8.09. The molecule has 1 aromatic carbocycles. The summed E-state index contributed by atoms with van der Waals surface area (Å²) in [6, 6.07) is 9.23. The van der Waals surface area contributed by atoms with E-state index >= 15 is 0 Å². The van der Waals surface area contributed by atoms with Crippen molar-refractivity contribution in [1.82, 2.24) is 4.98 Å². The van der Waals surface area contributed by atoms with E-state index in [9.17, 15) is 13.2 Å². The number of aromatic nitrogens is 1. The molecule has 0 unspecified atom stereocenters. The fraction of sp³-hybridized carbons (Fsp3) is 0.423. The molecule has 1 aliphatic rings. The Morgan fingerprint density at radius 3 is 2.35 bits per heavy atom. The Bertz CT molecular complexity index is 1100. The summed E-state index contributed by atoms with van der Waals surface area (Å²) < 4.78 is 42.9. The maximum atomic E-state index is 14.1. The molecule has 2 heterocycles. The van der Waals surface area contributed by atoms with Gasteiger partial charge in [0.1, 0.15) is 0 Å². The number of rotatable bonds is 4. The zero-order valence-corrected chi connectivity index (χ0v) is 19.1. The molecule has 2 aromatic heterocycles. The number of hydrogen-bond donors (Lipinski definition) is 0. The van der Waals surface area contributed by atoms with E-state index in [1.165, 1.54) is 42.0 Å². The summed E-state index contributed by atoms with van der Waals surface area (Å²) in [6.07, 6.45) is 2.31. The van der Waals surface area contributed by atoms with Gasteiger partial charge < -0.3 is 0 Å². The smallest absolute Gasteiger partial charge is 0.255 e. The number of benzene rings is 1. The van der Waals surface area contributed by atoms with Crippen LogP contribution in [0, 0.1) is 5.41 Å². The molecule has 0 aliphatic heterocycles. The molecule has 31 heavy (non-hydrogen) atoms. The van der Waals surface area contributed by atoms with Crippen molar-refractivity contribution in [2.45, 2.75) is 65.0 Å². The van der Waals surface area contributed by atoms with E-state index in [0.717, 1.165) is 18.4 Å².